The molecule has 0 amide bonds. The van der Waals surface area contributed by atoms with E-state index >= 15 is 0 Å². The molecule has 0 aromatic rings. The van der Waals surface area contributed by atoms with Gasteiger partial charge in [0.25, 0.3) is 0 Å². The van der Waals surface area contributed by atoms with Crippen LogP contribution in [0.1, 0.15) is 48.0 Å². The van der Waals surface area contributed by atoms with Gasteiger partial charge >= 0.3 is 0 Å². The van der Waals surface area contributed by atoms with E-state index in [-0.39, 0.29) is 0 Å². The summed E-state index contributed by atoms with van der Waals surface area (Å²) in [6.45, 7) is 12.2. The van der Waals surface area contributed by atoms with E-state index in [1.807, 2.05) is 27.7 Å². The average molecular weight is 136 g/mol. The van der Waals surface area contributed by atoms with Gasteiger partial charge in [0.15, 0.2) is 0 Å². The van der Waals surface area contributed by atoms with Gasteiger partial charge in [0.2, 0.25) is 0 Å². The number of rotatable bonds is 0. The van der Waals surface area contributed by atoms with E-state index in [2.05, 4.69) is 13.8 Å². The molecule has 0 aromatic heterocycles. The lowest BCUT2D eigenvalue weighted by Crippen LogP contribution is -1.27. The smallest absolute Gasteiger partial charge is 0.0319 e. The molecule has 0 spiro atoms. The maximum Gasteiger partial charge on any atom is 0.0319 e. The van der Waals surface area contributed by atoms with E-state index in [0.29, 0.717) is 0 Å². The molecule has 1 N–H and O–H groups in total. The topological polar surface area (TPSA) is 20.2 Å². The fourth-order valence-electron chi connectivity index (χ4n) is 0. The Morgan fingerprint density at radius 2 is 0.778 bits per heavy atom. The molecule has 0 saturated carbocycles. The van der Waals surface area contributed by atoms with Gasteiger partial charge in [0.1, 0.15) is 0 Å². The van der Waals surface area contributed by atoms with Crippen LogP contribution in [0.15, 0.2) is 0 Å². The molecule has 0 bridgehead atoms. The Morgan fingerprint density at radius 1 is 0.778 bits per heavy atom. The highest BCUT2D eigenvalue weighted by Gasteiger charge is 1.35. The molecule has 1 nitrogen and oxygen atoms in total. The fourth-order valence-corrected chi connectivity index (χ4v) is 0. The van der Waals surface area contributed by atoms with Gasteiger partial charge in [-0.2, -0.15) is 0 Å². The van der Waals surface area contributed by atoms with Gasteiger partial charge in [-0.05, 0) is 0 Å². The standard InChI is InChI=1S/C3H8.2C2H6.CH4O/c1-3-2;3*1-2/h3H2,1-2H3;2*1-2H3;2H,1H3. The summed E-state index contributed by atoms with van der Waals surface area (Å²) in [4.78, 5) is 0. The lowest BCUT2D eigenvalue weighted by molar-refractivity contribution is 0.399. The van der Waals surface area contributed by atoms with Gasteiger partial charge in [0.05, 0.1) is 0 Å². The van der Waals surface area contributed by atoms with E-state index in [0.717, 1.165) is 7.11 Å². The first-order chi connectivity index (χ1) is 4.41. The first kappa shape index (κ1) is 23.1. The molecule has 0 rings (SSSR count). The highest BCUT2D eigenvalue weighted by atomic mass is 16.2. The lowest BCUT2D eigenvalue weighted by Gasteiger charge is -1.48. The van der Waals surface area contributed by atoms with Crippen molar-refractivity contribution in [2.24, 2.45) is 0 Å². The van der Waals surface area contributed by atoms with Gasteiger partial charge in [-0.3, -0.25) is 0 Å². The highest BCUT2D eigenvalue weighted by molar-refractivity contribution is 3.92. The van der Waals surface area contributed by atoms with Crippen LogP contribution >= 0.6 is 0 Å². The zero-order valence-electron chi connectivity index (χ0n) is 8.15. The number of aliphatic hydroxyl groups is 1. The van der Waals surface area contributed by atoms with Crippen molar-refractivity contribution >= 4 is 0 Å². The summed E-state index contributed by atoms with van der Waals surface area (Å²) in [7, 11) is 1.00. The maximum absolute atomic E-state index is 7.00. The van der Waals surface area contributed by atoms with E-state index in [4.69, 9.17) is 5.11 Å². The molecule has 0 aromatic carbocycles. The van der Waals surface area contributed by atoms with Crippen LogP contribution in [0, 0.1) is 0 Å². The molecular formula is C8H24O. The third-order valence-corrected chi connectivity index (χ3v) is 0. The first-order valence-electron chi connectivity index (χ1n) is 3.86. The highest BCUT2D eigenvalue weighted by Crippen LogP contribution is 1.56. The Bertz CT molecular complexity index is 4.53. The molecule has 0 aliphatic rings. The monoisotopic (exact) mass is 136 g/mol. The van der Waals surface area contributed by atoms with E-state index < -0.39 is 0 Å². The van der Waals surface area contributed by atoms with Crippen LogP contribution in [-0.2, 0) is 0 Å². The number of aliphatic hydroxyl groups excluding tert-OH is 1. The molecular weight excluding hydrogens is 112 g/mol. The second-order valence-electron chi connectivity index (χ2n) is 0.707. The zero-order chi connectivity index (χ0) is 8.71. The molecule has 0 saturated heterocycles. The molecule has 0 aliphatic heterocycles. The van der Waals surface area contributed by atoms with Crippen molar-refractivity contribution in [3.8, 4) is 0 Å². The normalized spacial score (nSPS) is 4.00. The van der Waals surface area contributed by atoms with E-state index in [1.165, 1.54) is 6.42 Å². The zero-order valence-corrected chi connectivity index (χ0v) is 8.15. The Kier molecular flexibility index (Phi) is 1070. The summed E-state index contributed by atoms with van der Waals surface area (Å²) < 4.78 is 0. The molecule has 0 unspecified atom stereocenters. The SMILES string of the molecule is CC.CC.CCC.CO. The summed E-state index contributed by atoms with van der Waals surface area (Å²) in [6.07, 6.45) is 1.25. The quantitative estimate of drug-likeness (QED) is 0.542. The van der Waals surface area contributed by atoms with E-state index in [1.54, 1.807) is 0 Å². The van der Waals surface area contributed by atoms with Crippen LogP contribution in [0.5, 0.6) is 0 Å². The molecule has 0 fully saturated rings. The predicted molar refractivity (Wildman–Crippen MR) is 46.8 cm³/mol. The third-order valence-electron chi connectivity index (χ3n) is 0. The molecule has 0 heterocycles. The third kappa shape index (κ3) is 177000. The average Bonchev–Trinajstić information content (AvgIpc) is 2.01. The fraction of sp³-hybridized carbons (Fsp3) is 1.00. The Labute approximate surface area is 61.1 Å². The summed E-state index contributed by atoms with van der Waals surface area (Å²) in [5.41, 5.74) is 0. The van der Waals surface area contributed by atoms with Crippen molar-refractivity contribution in [3.05, 3.63) is 0 Å². The van der Waals surface area contributed by atoms with Crippen molar-refractivity contribution in [1.29, 1.82) is 0 Å². The Balaban J connectivity index is -0.0000000190. The molecule has 0 aliphatic carbocycles. The maximum atomic E-state index is 7.00. The van der Waals surface area contributed by atoms with Crippen molar-refractivity contribution in [1.82, 2.24) is 0 Å². The summed E-state index contributed by atoms with van der Waals surface area (Å²) in [5.74, 6) is 0. The Morgan fingerprint density at radius 3 is 0.778 bits per heavy atom. The minimum absolute atomic E-state index is 1.00. The van der Waals surface area contributed by atoms with E-state index in [9.17, 15) is 0 Å². The predicted octanol–water partition coefficient (Wildman–Crippen LogP) is 3.08. The van der Waals surface area contributed by atoms with Crippen molar-refractivity contribution < 1.29 is 5.11 Å². The van der Waals surface area contributed by atoms with Crippen LogP contribution in [-0.4, -0.2) is 12.2 Å². The van der Waals surface area contributed by atoms with Gasteiger partial charge in [-0.1, -0.05) is 48.0 Å². The van der Waals surface area contributed by atoms with Crippen molar-refractivity contribution in [2.45, 2.75) is 48.0 Å². The molecule has 0 radical (unpaired) electrons. The second kappa shape index (κ2) is 418. The minimum atomic E-state index is 1.00. The van der Waals surface area contributed by atoms with Crippen molar-refractivity contribution in [2.75, 3.05) is 7.11 Å². The van der Waals surface area contributed by atoms with Crippen LogP contribution in [0.2, 0.25) is 0 Å². The summed E-state index contributed by atoms with van der Waals surface area (Å²) >= 11 is 0. The van der Waals surface area contributed by atoms with Crippen LogP contribution in [0.3, 0.4) is 0 Å². The van der Waals surface area contributed by atoms with Crippen molar-refractivity contribution in [3.63, 3.8) is 0 Å². The van der Waals surface area contributed by atoms with Crippen LogP contribution in [0.4, 0.5) is 0 Å². The lowest BCUT2D eigenvalue weighted by atomic mass is 10.6. The molecule has 1 heteroatoms. The van der Waals surface area contributed by atoms with Gasteiger partial charge in [-0.15, -0.1) is 0 Å². The van der Waals surface area contributed by atoms with Crippen LogP contribution < -0.4 is 0 Å². The molecule has 0 atom stereocenters. The minimum Gasteiger partial charge on any atom is -0.400 e. The molecule has 62 valence electrons. The van der Waals surface area contributed by atoms with Gasteiger partial charge in [-0.25, -0.2) is 0 Å². The van der Waals surface area contributed by atoms with Gasteiger partial charge < -0.3 is 5.11 Å². The summed E-state index contributed by atoms with van der Waals surface area (Å²) in [6, 6.07) is 0. The van der Waals surface area contributed by atoms with Gasteiger partial charge in [0, 0.05) is 7.11 Å². The largest absolute Gasteiger partial charge is 0.400 e. The second-order valence-corrected chi connectivity index (χ2v) is 0.707. The number of hydrogen-bond acceptors (Lipinski definition) is 1. The molecule has 9 heavy (non-hydrogen) atoms. The Hall–Kier alpha value is -0.0400. The summed E-state index contributed by atoms with van der Waals surface area (Å²) in [5, 5.41) is 7.00. The number of hydrogen-bond donors (Lipinski definition) is 1. The van der Waals surface area contributed by atoms with Crippen LogP contribution in [0.25, 0.3) is 0 Å². The first-order valence-corrected chi connectivity index (χ1v) is 3.86.